The Balaban J connectivity index is 1.78. The molecule has 21 heavy (non-hydrogen) atoms. The molecule has 0 radical (unpaired) electrons. The standard InChI is InChI=1S/C16H18N2O3/c1-19-14-5-3-4-12-8-11(10-21-15(12)14)9-13-16(20-2)18-7-6-17-13/h3-7,11H,8-10H2,1-2H3/t11-/m0/s1. The van der Waals surface area contributed by atoms with Gasteiger partial charge < -0.3 is 14.2 Å². The fraction of sp³-hybridized carbons (Fsp3) is 0.375. The predicted molar refractivity (Wildman–Crippen MR) is 78.0 cm³/mol. The number of hydrogen-bond donors (Lipinski definition) is 0. The van der Waals surface area contributed by atoms with Crippen molar-refractivity contribution in [1.82, 2.24) is 9.97 Å². The van der Waals surface area contributed by atoms with E-state index in [1.807, 2.05) is 12.1 Å². The zero-order chi connectivity index (χ0) is 14.7. The maximum absolute atomic E-state index is 5.89. The number of fused-ring (bicyclic) bond motifs is 1. The van der Waals surface area contributed by atoms with Gasteiger partial charge in [0.1, 0.15) is 5.69 Å². The molecule has 0 saturated carbocycles. The molecule has 1 aliphatic heterocycles. The molecular formula is C16H18N2O3. The SMILES string of the molecule is COc1cccc2c1OC[C@H](Cc1nccnc1OC)C2. The van der Waals surface area contributed by atoms with Crippen molar-refractivity contribution in [3.63, 3.8) is 0 Å². The third-order valence-electron chi connectivity index (χ3n) is 3.66. The van der Waals surface area contributed by atoms with Crippen LogP contribution in [0.1, 0.15) is 11.3 Å². The summed E-state index contributed by atoms with van der Waals surface area (Å²) in [7, 11) is 3.28. The van der Waals surface area contributed by atoms with Crippen molar-refractivity contribution in [3.8, 4) is 17.4 Å². The highest BCUT2D eigenvalue weighted by Gasteiger charge is 2.24. The molecule has 0 saturated heterocycles. The molecule has 0 spiro atoms. The molecular weight excluding hydrogens is 268 g/mol. The summed E-state index contributed by atoms with van der Waals surface area (Å²) in [5.41, 5.74) is 2.05. The summed E-state index contributed by atoms with van der Waals surface area (Å²) in [4.78, 5) is 8.55. The van der Waals surface area contributed by atoms with Gasteiger partial charge in [0.15, 0.2) is 11.5 Å². The van der Waals surface area contributed by atoms with Crippen LogP contribution >= 0.6 is 0 Å². The smallest absolute Gasteiger partial charge is 0.235 e. The van der Waals surface area contributed by atoms with E-state index in [0.29, 0.717) is 18.4 Å². The second-order valence-electron chi connectivity index (χ2n) is 5.05. The normalized spacial score (nSPS) is 16.8. The van der Waals surface area contributed by atoms with Crippen LogP contribution in [0.15, 0.2) is 30.6 Å². The maximum Gasteiger partial charge on any atom is 0.235 e. The van der Waals surface area contributed by atoms with Crippen molar-refractivity contribution < 1.29 is 14.2 Å². The Morgan fingerprint density at radius 1 is 1.19 bits per heavy atom. The molecule has 0 bridgehead atoms. The fourth-order valence-corrected chi connectivity index (χ4v) is 2.69. The minimum atomic E-state index is 0.357. The number of benzene rings is 1. The lowest BCUT2D eigenvalue weighted by Gasteiger charge is -2.26. The Hall–Kier alpha value is -2.30. The van der Waals surface area contributed by atoms with Gasteiger partial charge in [0.25, 0.3) is 0 Å². The number of para-hydroxylation sites is 1. The predicted octanol–water partition coefficient (Wildman–Crippen LogP) is 2.29. The minimum absolute atomic E-state index is 0.357. The molecule has 0 fully saturated rings. The molecule has 3 rings (SSSR count). The molecule has 0 amide bonds. The van der Waals surface area contributed by atoms with E-state index in [1.165, 1.54) is 5.56 Å². The van der Waals surface area contributed by atoms with E-state index in [-0.39, 0.29) is 0 Å². The van der Waals surface area contributed by atoms with Crippen molar-refractivity contribution in [1.29, 1.82) is 0 Å². The molecule has 5 nitrogen and oxygen atoms in total. The van der Waals surface area contributed by atoms with Crippen LogP contribution in [0, 0.1) is 5.92 Å². The van der Waals surface area contributed by atoms with Gasteiger partial charge >= 0.3 is 0 Å². The molecule has 0 N–H and O–H groups in total. The first-order valence-electron chi connectivity index (χ1n) is 6.94. The molecule has 1 aromatic carbocycles. The molecule has 0 unspecified atom stereocenters. The van der Waals surface area contributed by atoms with Crippen molar-refractivity contribution in [3.05, 3.63) is 41.9 Å². The first-order chi connectivity index (χ1) is 10.3. The number of hydrogen-bond acceptors (Lipinski definition) is 5. The maximum atomic E-state index is 5.89. The van der Waals surface area contributed by atoms with Crippen molar-refractivity contribution in [2.45, 2.75) is 12.8 Å². The van der Waals surface area contributed by atoms with Crippen molar-refractivity contribution in [2.75, 3.05) is 20.8 Å². The second-order valence-corrected chi connectivity index (χ2v) is 5.05. The van der Waals surface area contributed by atoms with E-state index in [9.17, 15) is 0 Å². The summed E-state index contributed by atoms with van der Waals surface area (Å²) in [5, 5.41) is 0. The number of aromatic nitrogens is 2. The van der Waals surface area contributed by atoms with Gasteiger partial charge in [0.05, 0.1) is 20.8 Å². The van der Waals surface area contributed by atoms with Gasteiger partial charge in [-0.25, -0.2) is 4.98 Å². The van der Waals surface area contributed by atoms with Gasteiger partial charge in [-0.3, -0.25) is 4.98 Å². The topological polar surface area (TPSA) is 53.5 Å². The van der Waals surface area contributed by atoms with E-state index in [2.05, 4.69) is 16.0 Å². The van der Waals surface area contributed by atoms with Crippen LogP contribution < -0.4 is 14.2 Å². The number of nitrogens with zero attached hydrogens (tertiary/aromatic N) is 2. The summed E-state index contributed by atoms with van der Waals surface area (Å²) in [6, 6.07) is 6.00. The number of ether oxygens (including phenoxy) is 3. The lowest BCUT2D eigenvalue weighted by atomic mass is 9.92. The first kappa shape index (κ1) is 13.7. The Bertz CT molecular complexity index is 631. The lowest BCUT2D eigenvalue weighted by molar-refractivity contribution is 0.209. The Labute approximate surface area is 123 Å². The zero-order valence-corrected chi connectivity index (χ0v) is 12.2. The van der Waals surface area contributed by atoms with Crippen LogP contribution in [-0.2, 0) is 12.8 Å². The van der Waals surface area contributed by atoms with Gasteiger partial charge in [-0.05, 0) is 18.1 Å². The molecule has 5 heteroatoms. The first-order valence-corrected chi connectivity index (χ1v) is 6.94. The summed E-state index contributed by atoms with van der Waals surface area (Å²) in [6.07, 6.45) is 5.05. The minimum Gasteiger partial charge on any atom is -0.493 e. The molecule has 1 aromatic heterocycles. The third kappa shape index (κ3) is 2.77. The third-order valence-corrected chi connectivity index (χ3v) is 3.66. The molecule has 2 aromatic rings. The highest BCUT2D eigenvalue weighted by Crippen LogP contribution is 2.36. The second kappa shape index (κ2) is 5.99. The quantitative estimate of drug-likeness (QED) is 0.863. The van der Waals surface area contributed by atoms with Crippen LogP contribution in [0.25, 0.3) is 0 Å². The average Bonchev–Trinajstić information content (AvgIpc) is 2.54. The van der Waals surface area contributed by atoms with E-state index in [4.69, 9.17) is 14.2 Å². The number of rotatable bonds is 4. The van der Waals surface area contributed by atoms with Crippen LogP contribution in [0.5, 0.6) is 17.4 Å². The lowest BCUT2D eigenvalue weighted by Crippen LogP contribution is -2.23. The van der Waals surface area contributed by atoms with Gasteiger partial charge in [-0.2, -0.15) is 0 Å². The summed E-state index contributed by atoms with van der Waals surface area (Å²) in [6.45, 7) is 0.646. The number of methoxy groups -OCH3 is 2. The van der Waals surface area contributed by atoms with Gasteiger partial charge in [0, 0.05) is 24.7 Å². The molecule has 1 atom stereocenters. The highest BCUT2D eigenvalue weighted by molar-refractivity contribution is 5.47. The van der Waals surface area contributed by atoms with Crippen molar-refractivity contribution >= 4 is 0 Å². The molecule has 1 aliphatic rings. The monoisotopic (exact) mass is 286 g/mol. The van der Waals surface area contributed by atoms with Gasteiger partial charge in [-0.1, -0.05) is 12.1 Å². The van der Waals surface area contributed by atoms with E-state index >= 15 is 0 Å². The summed E-state index contributed by atoms with van der Waals surface area (Å²) in [5.74, 6) is 2.61. The zero-order valence-electron chi connectivity index (χ0n) is 12.2. The average molecular weight is 286 g/mol. The Morgan fingerprint density at radius 3 is 2.86 bits per heavy atom. The molecule has 0 aliphatic carbocycles. The van der Waals surface area contributed by atoms with Crippen molar-refractivity contribution in [2.24, 2.45) is 5.92 Å². The Morgan fingerprint density at radius 2 is 2.05 bits per heavy atom. The van der Waals surface area contributed by atoms with Crippen LogP contribution in [-0.4, -0.2) is 30.8 Å². The van der Waals surface area contributed by atoms with Crippen LogP contribution in [0.3, 0.4) is 0 Å². The van der Waals surface area contributed by atoms with E-state index in [0.717, 1.165) is 30.0 Å². The summed E-state index contributed by atoms with van der Waals surface area (Å²) >= 11 is 0. The van der Waals surface area contributed by atoms with Gasteiger partial charge in [-0.15, -0.1) is 0 Å². The Kier molecular flexibility index (Phi) is 3.90. The van der Waals surface area contributed by atoms with Crippen LogP contribution in [0.4, 0.5) is 0 Å². The van der Waals surface area contributed by atoms with Gasteiger partial charge in [0.2, 0.25) is 5.88 Å². The largest absolute Gasteiger partial charge is 0.493 e. The van der Waals surface area contributed by atoms with Crippen LogP contribution in [0.2, 0.25) is 0 Å². The summed E-state index contributed by atoms with van der Waals surface area (Å²) < 4.78 is 16.5. The molecule has 110 valence electrons. The molecule has 2 heterocycles. The van der Waals surface area contributed by atoms with E-state index in [1.54, 1.807) is 26.6 Å². The highest BCUT2D eigenvalue weighted by atomic mass is 16.5. The fourth-order valence-electron chi connectivity index (χ4n) is 2.69. The van der Waals surface area contributed by atoms with E-state index < -0.39 is 0 Å².